The average molecular weight is 271 g/mol. The van der Waals surface area contributed by atoms with Crippen molar-refractivity contribution in [2.75, 3.05) is 6.61 Å². The van der Waals surface area contributed by atoms with Gasteiger partial charge in [-0.3, -0.25) is 0 Å². The zero-order valence-corrected chi connectivity index (χ0v) is 10.7. The second kappa shape index (κ2) is 101. The van der Waals surface area contributed by atoms with E-state index < -0.39 is 0 Å². The fourth-order valence-electron chi connectivity index (χ4n) is 0.289. The third kappa shape index (κ3) is 263. The van der Waals surface area contributed by atoms with E-state index in [1.807, 2.05) is 6.92 Å². The standard InChI is InChI=1S/C4H11OSi.4CO.Fe/c1-4-5-6(2)3;4*1-2;/h4H2,1-3H3;;;;;. The Balaban J connectivity index is -0.0000000194. The monoisotopic (exact) mass is 271 g/mol. The van der Waals surface area contributed by atoms with Crippen LogP contribution in [0.15, 0.2) is 0 Å². The van der Waals surface area contributed by atoms with E-state index in [1.54, 1.807) is 0 Å². The predicted octanol–water partition coefficient (Wildman–Crippen LogP) is 1.12. The van der Waals surface area contributed by atoms with E-state index in [4.69, 9.17) is 23.0 Å². The predicted molar refractivity (Wildman–Crippen MR) is 44.8 cm³/mol. The summed E-state index contributed by atoms with van der Waals surface area (Å²) in [4.78, 5) is 0. The summed E-state index contributed by atoms with van der Waals surface area (Å²) in [7, 11) is -0.386. The Kier molecular flexibility index (Phi) is 245. The normalized spacial score (nSPS) is 4.53. The second-order valence-electron chi connectivity index (χ2n) is 1.34. The largest absolute Gasteiger partial charge is 0 e. The van der Waals surface area contributed by atoms with Gasteiger partial charge in [-0.15, -0.1) is 0 Å². The van der Waals surface area contributed by atoms with Crippen LogP contribution in [0.5, 0.6) is 0 Å². The van der Waals surface area contributed by atoms with Crippen LogP contribution in [0.1, 0.15) is 6.92 Å². The van der Waals surface area contributed by atoms with Crippen molar-refractivity contribution >= 4 is 9.04 Å². The minimum Gasteiger partial charge on any atom is 0 e. The van der Waals surface area contributed by atoms with Crippen LogP contribution in [0.25, 0.3) is 0 Å². The first kappa shape index (κ1) is 36.5. The van der Waals surface area contributed by atoms with Crippen molar-refractivity contribution in [3.8, 4) is 0 Å². The van der Waals surface area contributed by atoms with E-state index in [1.165, 1.54) is 0 Å². The molecule has 0 aliphatic rings. The maximum absolute atomic E-state index is 7.50. The van der Waals surface area contributed by atoms with Crippen LogP contribution in [0.2, 0.25) is 13.1 Å². The fraction of sp³-hybridized carbons (Fsp3) is 0.500. The van der Waals surface area contributed by atoms with Gasteiger partial charge in [-0.05, 0) is 20.0 Å². The summed E-state index contributed by atoms with van der Waals surface area (Å²) in [6.07, 6.45) is 0. The van der Waals surface area contributed by atoms with Crippen molar-refractivity contribution in [3.05, 3.63) is 26.6 Å². The number of hydrogen-bond donors (Lipinski definition) is 0. The SMILES string of the molecule is CCO[Si](C)C.[C-]#[O+].[C-]#[O+].[C-]#[O+].[C-]#[O+].[Fe]. The molecule has 0 saturated heterocycles. The summed E-state index contributed by atoms with van der Waals surface area (Å²) in [6, 6.07) is 0. The van der Waals surface area contributed by atoms with Crippen LogP contribution in [0.4, 0.5) is 0 Å². The molecule has 0 atom stereocenters. The Morgan fingerprint density at radius 3 is 1.07 bits per heavy atom. The van der Waals surface area contributed by atoms with Crippen molar-refractivity contribution in [2.24, 2.45) is 0 Å². The van der Waals surface area contributed by atoms with Crippen molar-refractivity contribution in [3.63, 3.8) is 0 Å². The molecule has 7 heteroatoms. The fourth-order valence-corrected chi connectivity index (χ4v) is 0.866. The van der Waals surface area contributed by atoms with Gasteiger partial charge in [0.25, 0.3) is 0 Å². The summed E-state index contributed by atoms with van der Waals surface area (Å²) < 4.78 is 35.1. The van der Waals surface area contributed by atoms with Gasteiger partial charge in [-0.2, -0.15) is 0 Å². The summed E-state index contributed by atoms with van der Waals surface area (Å²) in [5.41, 5.74) is 0. The van der Waals surface area contributed by atoms with E-state index in [-0.39, 0.29) is 26.1 Å². The molecule has 5 nitrogen and oxygen atoms in total. The molecule has 85 valence electrons. The van der Waals surface area contributed by atoms with Gasteiger partial charge in [0.2, 0.25) is 9.04 Å². The molecule has 0 fully saturated rings. The molecule has 1 radical (unpaired) electrons. The van der Waals surface area contributed by atoms with Gasteiger partial charge in [0.1, 0.15) is 0 Å². The van der Waals surface area contributed by atoms with Gasteiger partial charge in [0, 0.05) is 23.7 Å². The summed E-state index contributed by atoms with van der Waals surface area (Å²) in [5.74, 6) is 0. The molecule has 0 aromatic carbocycles. The molecule has 0 N–H and O–H groups in total. The molecule has 0 aromatic rings. The minimum absolute atomic E-state index is 0. The van der Waals surface area contributed by atoms with E-state index >= 15 is 0 Å². The number of rotatable bonds is 2. The molecule has 0 amide bonds. The van der Waals surface area contributed by atoms with Crippen LogP contribution in [-0.4, -0.2) is 15.6 Å². The molecular formula is C8H11FeO5Si. The van der Waals surface area contributed by atoms with Gasteiger partial charge >= 0.3 is 45.2 Å². The molecular weight excluding hydrogens is 260 g/mol. The summed E-state index contributed by atoms with van der Waals surface area (Å²) in [6.45, 7) is 25.2. The van der Waals surface area contributed by atoms with Gasteiger partial charge in [0.05, 0.1) is 0 Å². The van der Waals surface area contributed by atoms with Crippen molar-refractivity contribution in [2.45, 2.75) is 20.0 Å². The quantitative estimate of drug-likeness (QED) is 0.420. The molecule has 0 unspecified atom stereocenters. The molecule has 15 heavy (non-hydrogen) atoms. The first-order valence-corrected chi connectivity index (χ1v) is 5.42. The maximum Gasteiger partial charge on any atom is 0 e. The first-order valence-electron chi connectivity index (χ1n) is 3.02. The van der Waals surface area contributed by atoms with Gasteiger partial charge in [-0.25, -0.2) is 0 Å². The molecule has 0 spiro atoms. The van der Waals surface area contributed by atoms with Crippen LogP contribution in [-0.2, 0) is 40.1 Å². The Labute approximate surface area is 103 Å². The van der Waals surface area contributed by atoms with Crippen LogP contribution in [0.3, 0.4) is 0 Å². The molecule has 0 aliphatic heterocycles. The Morgan fingerprint density at radius 2 is 1.07 bits per heavy atom. The van der Waals surface area contributed by atoms with Crippen LogP contribution < -0.4 is 0 Å². The zero-order chi connectivity index (χ0) is 13.0. The first-order chi connectivity index (χ1) is 6.77. The van der Waals surface area contributed by atoms with E-state index in [9.17, 15) is 0 Å². The van der Waals surface area contributed by atoms with Crippen LogP contribution in [0, 0.1) is 26.6 Å². The Morgan fingerprint density at radius 1 is 0.867 bits per heavy atom. The summed E-state index contributed by atoms with van der Waals surface area (Å²) >= 11 is 0. The average Bonchev–Trinajstić information content (AvgIpc) is 2.29. The van der Waals surface area contributed by atoms with E-state index in [0.717, 1.165) is 6.61 Å². The Bertz CT molecular complexity index is 117. The topological polar surface area (TPSA) is 88.8 Å². The zero-order valence-electron chi connectivity index (χ0n) is 8.60. The Hall–Kier alpha value is -0.344. The van der Waals surface area contributed by atoms with Crippen molar-refractivity contribution in [1.29, 1.82) is 0 Å². The molecule has 0 aromatic heterocycles. The minimum atomic E-state index is -0.386. The molecule has 0 bridgehead atoms. The molecule has 0 rings (SSSR count). The maximum atomic E-state index is 7.50. The number of hydrogen-bond acceptors (Lipinski definition) is 1. The van der Waals surface area contributed by atoms with E-state index in [0.29, 0.717) is 0 Å². The second-order valence-corrected chi connectivity index (χ2v) is 3.45. The van der Waals surface area contributed by atoms with Gasteiger partial charge < -0.3 is 4.43 Å². The third-order valence-corrected chi connectivity index (χ3v) is 1.30. The summed E-state index contributed by atoms with van der Waals surface area (Å²) in [5, 5.41) is 0. The molecule has 0 saturated carbocycles. The third-order valence-electron chi connectivity index (χ3n) is 0.433. The molecule has 0 aliphatic carbocycles. The van der Waals surface area contributed by atoms with Crippen molar-refractivity contribution in [1.82, 2.24) is 0 Å². The smallest absolute Gasteiger partial charge is 0 e. The van der Waals surface area contributed by atoms with Crippen molar-refractivity contribution < 1.29 is 40.1 Å². The van der Waals surface area contributed by atoms with Crippen LogP contribution >= 0.6 is 0 Å². The molecule has 0 heterocycles. The van der Waals surface area contributed by atoms with E-state index in [2.05, 4.69) is 39.7 Å². The van der Waals surface area contributed by atoms with Gasteiger partial charge in [0.15, 0.2) is 0 Å². The van der Waals surface area contributed by atoms with Gasteiger partial charge in [-0.1, -0.05) is 0 Å².